The first-order chi connectivity index (χ1) is 15.3. The minimum Gasteiger partial charge on any atom is -0.485 e. The number of ether oxygens (including phenoxy) is 4. The second kappa shape index (κ2) is 6.71. The minimum atomic E-state index is -0.323. The molecule has 31 heavy (non-hydrogen) atoms. The third-order valence-corrected chi connectivity index (χ3v) is 8.23. The van der Waals surface area contributed by atoms with E-state index in [9.17, 15) is 0 Å². The predicted molar refractivity (Wildman–Crippen MR) is 119 cm³/mol. The summed E-state index contributed by atoms with van der Waals surface area (Å²) in [7, 11) is 0. The Labute approximate surface area is 186 Å². The van der Waals surface area contributed by atoms with Gasteiger partial charge in [0.05, 0.1) is 20.5 Å². The molecule has 1 spiro atoms. The van der Waals surface area contributed by atoms with Crippen LogP contribution in [0.4, 0.5) is 0 Å². The lowest BCUT2D eigenvalue weighted by Gasteiger charge is -2.17. The Morgan fingerprint density at radius 2 is 1.16 bits per heavy atom. The maximum absolute atomic E-state index is 5.98. The highest BCUT2D eigenvalue weighted by atomic mass is 32.1. The topological polar surface area (TPSA) is 61.6 Å². The lowest BCUT2D eigenvalue weighted by Crippen LogP contribution is -2.26. The van der Waals surface area contributed by atoms with Gasteiger partial charge >= 0.3 is 0 Å². The smallest absolute Gasteiger partial charge is 0.180 e. The van der Waals surface area contributed by atoms with E-state index in [4.69, 9.17) is 28.9 Å². The first-order valence-electron chi connectivity index (χ1n) is 10.7. The number of thiophene rings is 2. The van der Waals surface area contributed by atoms with Gasteiger partial charge in [0, 0.05) is 21.9 Å². The molecule has 5 heterocycles. The molecule has 0 amide bonds. The van der Waals surface area contributed by atoms with Crippen LogP contribution in [0.1, 0.15) is 25.7 Å². The molecule has 0 radical (unpaired) electrons. The molecule has 2 aromatic heterocycles. The minimum absolute atomic E-state index is 0.323. The maximum atomic E-state index is 5.98. The summed E-state index contributed by atoms with van der Waals surface area (Å²) in [6.07, 6.45) is 4.35. The van der Waals surface area contributed by atoms with E-state index in [1.54, 1.807) is 22.7 Å². The highest BCUT2D eigenvalue weighted by Gasteiger charge is 2.37. The van der Waals surface area contributed by atoms with Crippen molar-refractivity contribution in [3.8, 4) is 43.9 Å². The van der Waals surface area contributed by atoms with Crippen molar-refractivity contribution in [2.24, 2.45) is 9.98 Å². The standard InChI is InChI=1S/C23H20N2O4S2/c1-2-6-23(5-1)24-17-13(21-19-15(11-30-21)26-7-9-28-19)3-4-14(18(17)25-23)22-20-16(12-31-22)27-8-10-29-20/h3-4,11-12H,1-2,5-10H2. The van der Waals surface area contributed by atoms with E-state index in [1.807, 2.05) is 10.8 Å². The Bertz CT molecular complexity index is 1220. The van der Waals surface area contributed by atoms with Gasteiger partial charge in [0.25, 0.3) is 0 Å². The second-order valence-electron chi connectivity index (χ2n) is 8.18. The normalized spacial score (nSPS) is 19.7. The van der Waals surface area contributed by atoms with E-state index < -0.39 is 0 Å². The molecule has 4 aliphatic rings. The molecule has 3 aliphatic heterocycles. The van der Waals surface area contributed by atoms with Crippen molar-refractivity contribution in [3.63, 3.8) is 0 Å². The fraction of sp³-hybridized carbons (Fsp3) is 0.391. The molecular weight excluding hydrogens is 432 g/mol. The van der Waals surface area contributed by atoms with Gasteiger partial charge in [-0.1, -0.05) is 12.1 Å². The van der Waals surface area contributed by atoms with Crippen LogP contribution in [0, 0.1) is 0 Å². The van der Waals surface area contributed by atoms with Gasteiger partial charge in [-0.3, -0.25) is 9.98 Å². The molecule has 7 rings (SSSR count). The van der Waals surface area contributed by atoms with E-state index in [-0.39, 0.29) is 5.66 Å². The molecule has 1 saturated carbocycles. The van der Waals surface area contributed by atoms with E-state index in [0.29, 0.717) is 26.4 Å². The number of benzene rings is 1. The molecule has 3 aromatic rings. The van der Waals surface area contributed by atoms with Crippen molar-refractivity contribution in [2.45, 2.75) is 31.3 Å². The molecule has 0 bridgehead atoms. The largest absolute Gasteiger partial charge is 0.485 e. The van der Waals surface area contributed by atoms with Crippen LogP contribution in [0.2, 0.25) is 0 Å². The third kappa shape index (κ3) is 2.67. The molecule has 0 unspecified atom stereocenters. The van der Waals surface area contributed by atoms with Crippen LogP contribution >= 0.6 is 22.7 Å². The molecule has 0 atom stereocenters. The van der Waals surface area contributed by atoms with Gasteiger partial charge in [0.1, 0.15) is 26.4 Å². The molecule has 158 valence electrons. The molecule has 0 saturated heterocycles. The Hall–Kier alpha value is -2.58. The van der Waals surface area contributed by atoms with Crippen molar-refractivity contribution in [3.05, 3.63) is 33.6 Å². The van der Waals surface area contributed by atoms with E-state index >= 15 is 0 Å². The van der Waals surface area contributed by atoms with Crippen molar-refractivity contribution in [2.75, 3.05) is 26.4 Å². The van der Waals surface area contributed by atoms with Crippen molar-refractivity contribution >= 4 is 22.7 Å². The molecule has 1 aromatic carbocycles. The van der Waals surface area contributed by atoms with Gasteiger partial charge in [0.2, 0.25) is 0 Å². The quantitative estimate of drug-likeness (QED) is 0.584. The van der Waals surface area contributed by atoms with Gasteiger partial charge in [-0.2, -0.15) is 0 Å². The van der Waals surface area contributed by atoms with Gasteiger partial charge in [-0.25, -0.2) is 0 Å². The van der Waals surface area contributed by atoms with Crippen LogP contribution in [-0.2, 0) is 0 Å². The number of hydrogen-bond acceptors (Lipinski definition) is 8. The molecular formula is C23H20N2O4S2. The van der Waals surface area contributed by atoms with Gasteiger partial charge < -0.3 is 18.9 Å². The number of hydrogen-bond donors (Lipinski definition) is 0. The number of rotatable bonds is 2. The first-order valence-corrected chi connectivity index (χ1v) is 12.4. The van der Waals surface area contributed by atoms with Crippen LogP contribution in [0.15, 0.2) is 32.9 Å². The summed E-state index contributed by atoms with van der Waals surface area (Å²) in [6, 6.07) is 4.31. The second-order valence-corrected chi connectivity index (χ2v) is 9.94. The molecule has 8 heteroatoms. The van der Waals surface area contributed by atoms with Crippen LogP contribution in [0.3, 0.4) is 0 Å². The molecule has 1 aliphatic carbocycles. The van der Waals surface area contributed by atoms with Gasteiger partial charge in [-0.05, 0) is 25.7 Å². The number of fused-ring (bicyclic) bond motifs is 3. The highest BCUT2D eigenvalue weighted by molar-refractivity contribution is 7.14. The summed E-state index contributed by atoms with van der Waals surface area (Å²) in [5, 5.41) is 6.00. The fourth-order valence-electron chi connectivity index (χ4n) is 4.88. The monoisotopic (exact) mass is 452 g/mol. The van der Waals surface area contributed by atoms with Gasteiger partial charge in [0.15, 0.2) is 28.7 Å². The van der Waals surface area contributed by atoms with Crippen molar-refractivity contribution in [1.29, 1.82) is 0 Å². The average molecular weight is 453 g/mol. The van der Waals surface area contributed by atoms with E-state index in [1.165, 1.54) is 12.8 Å². The molecule has 6 nitrogen and oxygen atoms in total. The van der Waals surface area contributed by atoms with Crippen molar-refractivity contribution in [1.82, 2.24) is 0 Å². The fourth-order valence-corrected chi connectivity index (χ4v) is 6.79. The Kier molecular flexibility index (Phi) is 3.90. The zero-order chi connectivity index (χ0) is 20.4. The summed E-state index contributed by atoms with van der Waals surface area (Å²) in [5.41, 5.74) is 1.83. The highest BCUT2D eigenvalue weighted by Crippen LogP contribution is 2.47. The Morgan fingerprint density at radius 3 is 1.68 bits per heavy atom. The third-order valence-electron chi connectivity index (χ3n) is 6.29. The van der Waals surface area contributed by atoms with Gasteiger partial charge in [-0.15, -0.1) is 22.7 Å². The van der Waals surface area contributed by atoms with Crippen LogP contribution in [0.25, 0.3) is 20.9 Å². The lowest BCUT2D eigenvalue weighted by atomic mass is 10.1. The van der Waals surface area contributed by atoms with Crippen LogP contribution in [0.5, 0.6) is 23.0 Å². The summed E-state index contributed by atoms with van der Waals surface area (Å²) >= 11 is 3.30. The number of nitrogens with zero attached hydrogens (tertiary/aromatic N) is 2. The summed E-state index contributed by atoms with van der Waals surface area (Å²) in [5.74, 6) is 3.32. The Balaban J connectivity index is 1.47. The lowest BCUT2D eigenvalue weighted by molar-refractivity contribution is 0.174. The molecule has 1 fully saturated rings. The maximum Gasteiger partial charge on any atom is 0.180 e. The van der Waals surface area contributed by atoms with Crippen LogP contribution in [-0.4, -0.2) is 32.1 Å². The first kappa shape index (κ1) is 18.0. The zero-order valence-corrected chi connectivity index (χ0v) is 18.4. The van der Waals surface area contributed by atoms with E-state index in [0.717, 1.165) is 67.4 Å². The average Bonchev–Trinajstić information content (AvgIpc) is 3.59. The van der Waals surface area contributed by atoms with E-state index in [2.05, 4.69) is 12.1 Å². The van der Waals surface area contributed by atoms with Crippen molar-refractivity contribution < 1.29 is 18.9 Å². The zero-order valence-electron chi connectivity index (χ0n) is 16.8. The summed E-state index contributed by atoms with van der Waals surface area (Å²) < 4.78 is 23.5. The summed E-state index contributed by atoms with van der Waals surface area (Å²) in [4.78, 5) is 12.6. The molecule has 0 N–H and O–H groups in total. The summed E-state index contributed by atoms with van der Waals surface area (Å²) in [6.45, 7) is 2.32. The predicted octanol–water partition coefficient (Wildman–Crippen LogP) is 4.21. The Morgan fingerprint density at radius 1 is 0.677 bits per heavy atom. The van der Waals surface area contributed by atoms with Crippen LogP contribution < -0.4 is 29.7 Å². The SMILES string of the molecule is c1sc(-c2ccc(-c3scc4c3OCCO4)c3c2=NC2(CCCC2)N=3)c2c1OCCO2.